The molecule has 0 aromatic heterocycles. The van der Waals surface area contributed by atoms with Crippen LogP contribution < -0.4 is 0 Å². The molecule has 0 bridgehead atoms. The third kappa shape index (κ3) is 4.27. The van der Waals surface area contributed by atoms with Crippen LogP contribution in [0, 0.1) is 11.6 Å². The second-order valence-corrected chi connectivity index (χ2v) is 8.95. The monoisotopic (exact) mass is 454 g/mol. The number of nitrogens with zero attached hydrogens (tertiary/aromatic N) is 2. The molecule has 0 atom stereocenters. The van der Waals surface area contributed by atoms with Gasteiger partial charge in [-0.1, -0.05) is 30.3 Å². The third-order valence-corrected chi connectivity index (χ3v) is 7.17. The van der Waals surface area contributed by atoms with Crippen LogP contribution in [0.3, 0.4) is 0 Å². The first-order valence-corrected chi connectivity index (χ1v) is 10.7. The molecule has 0 spiro atoms. The SMILES string of the molecule is Cl.O=S(=O)(c1ccc(F)cc1F)N1CCN(Cc2c(O)ccc3ccccc23)CC1. The average Bonchev–Trinajstić information content (AvgIpc) is 2.70. The number of phenolic OH excluding ortho intramolecular Hbond substituents is 1. The number of sulfonamides is 1. The van der Waals surface area contributed by atoms with E-state index in [1.807, 2.05) is 30.3 Å². The van der Waals surface area contributed by atoms with E-state index in [1.165, 1.54) is 4.31 Å². The van der Waals surface area contributed by atoms with Crippen LogP contribution in [-0.2, 0) is 16.6 Å². The minimum Gasteiger partial charge on any atom is -0.508 e. The van der Waals surface area contributed by atoms with E-state index in [9.17, 15) is 22.3 Å². The molecule has 5 nitrogen and oxygen atoms in total. The highest BCUT2D eigenvalue weighted by Crippen LogP contribution is 2.29. The van der Waals surface area contributed by atoms with Gasteiger partial charge in [-0.05, 0) is 29.0 Å². The number of benzene rings is 3. The highest BCUT2D eigenvalue weighted by atomic mass is 35.5. The van der Waals surface area contributed by atoms with E-state index < -0.39 is 26.6 Å². The van der Waals surface area contributed by atoms with E-state index in [4.69, 9.17) is 0 Å². The Bertz CT molecular complexity index is 1170. The molecule has 1 N–H and O–H groups in total. The molecular weight excluding hydrogens is 434 g/mol. The zero-order valence-electron chi connectivity index (χ0n) is 16.0. The molecular formula is C21H21ClF2N2O3S. The van der Waals surface area contributed by atoms with Gasteiger partial charge in [0.05, 0.1) is 0 Å². The van der Waals surface area contributed by atoms with Gasteiger partial charge in [0, 0.05) is 44.4 Å². The number of halogens is 3. The van der Waals surface area contributed by atoms with Crippen LogP contribution in [0.5, 0.6) is 5.75 Å². The molecule has 0 radical (unpaired) electrons. The van der Waals surface area contributed by atoms with Crippen molar-refractivity contribution >= 4 is 33.2 Å². The zero-order chi connectivity index (χ0) is 20.6. The van der Waals surface area contributed by atoms with Crippen molar-refractivity contribution in [2.75, 3.05) is 26.2 Å². The molecule has 30 heavy (non-hydrogen) atoms. The highest BCUT2D eigenvalue weighted by Gasteiger charge is 2.31. The van der Waals surface area contributed by atoms with Crippen molar-refractivity contribution in [2.45, 2.75) is 11.4 Å². The molecule has 0 unspecified atom stereocenters. The van der Waals surface area contributed by atoms with E-state index in [0.29, 0.717) is 25.7 Å². The van der Waals surface area contributed by atoms with Crippen molar-refractivity contribution in [1.82, 2.24) is 9.21 Å². The predicted octanol–water partition coefficient (Wildman–Crippen LogP) is 3.75. The molecule has 1 saturated heterocycles. The Kier molecular flexibility index (Phi) is 6.62. The van der Waals surface area contributed by atoms with Crippen LogP contribution in [0.15, 0.2) is 59.5 Å². The average molecular weight is 455 g/mol. The van der Waals surface area contributed by atoms with Crippen molar-refractivity contribution in [3.05, 3.63) is 71.8 Å². The first kappa shape index (κ1) is 22.4. The molecule has 1 fully saturated rings. The normalized spacial score (nSPS) is 15.8. The van der Waals surface area contributed by atoms with Crippen LogP contribution >= 0.6 is 12.4 Å². The standard InChI is InChI=1S/C21H20F2N2O3S.ClH/c22-16-6-8-21(19(23)13-16)29(27,28)25-11-9-24(10-12-25)14-18-17-4-2-1-3-15(17)5-7-20(18)26;/h1-8,13,26H,9-12,14H2;1H. The first-order chi connectivity index (χ1) is 13.9. The summed E-state index contributed by atoms with van der Waals surface area (Å²) in [6.45, 7) is 1.72. The largest absolute Gasteiger partial charge is 0.508 e. The second-order valence-electron chi connectivity index (χ2n) is 7.04. The van der Waals surface area contributed by atoms with Crippen LogP contribution in [0.4, 0.5) is 8.78 Å². The lowest BCUT2D eigenvalue weighted by atomic mass is 10.0. The molecule has 3 aromatic rings. The number of piperazine rings is 1. The summed E-state index contributed by atoms with van der Waals surface area (Å²) in [6.07, 6.45) is 0. The fourth-order valence-corrected chi connectivity index (χ4v) is 5.13. The Balaban J connectivity index is 0.00000256. The van der Waals surface area contributed by atoms with Gasteiger partial charge in [-0.3, -0.25) is 4.90 Å². The van der Waals surface area contributed by atoms with Crippen molar-refractivity contribution in [2.24, 2.45) is 0 Å². The predicted molar refractivity (Wildman–Crippen MR) is 113 cm³/mol. The maximum absolute atomic E-state index is 14.0. The van der Waals surface area contributed by atoms with Gasteiger partial charge in [-0.2, -0.15) is 4.31 Å². The van der Waals surface area contributed by atoms with Crippen molar-refractivity contribution < 1.29 is 22.3 Å². The van der Waals surface area contributed by atoms with Gasteiger partial charge in [0.25, 0.3) is 0 Å². The minimum atomic E-state index is -4.03. The van der Waals surface area contributed by atoms with E-state index in [-0.39, 0.29) is 31.2 Å². The fraction of sp³-hybridized carbons (Fsp3) is 0.238. The third-order valence-electron chi connectivity index (χ3n) is 5.24. The number of hydrogen-bond donors (Lipinski definition) is 1. The van der Waals surface area contributed by atoms with E-state index in [0.717, 1.165) is 28.5 Å². The van der Waals surface area contributed by atoms with Crippen LogP contribution in [0.2, 0.25) is 0 Å². The summed E-state index contributed by atoms with van der Waals surface area (Å²) < 4.78 is 53.7. The van der Waals surface area contributed by atoms with Gasteiger partial charge in [-0.25, -0.2) is 17.2 Å². The molecule has 1 aliphatic heterocycles. The second kappa shape index (κ2) is 8.85. The van der Waals surface area contributed by atoms with Crippen LogP contribution in [0.1, 0.15) is 5.56 Å². The summed E-state index contributed by atoms with van der Waals surface area (Å²) in [5, 5.41) is 12.3. The Morgan fingerprint density at radius 1 is 0.933 bits per heavy atom. The quantitative estimate of drug-likeness (QED) is 0.652. The van der Waals surface area contributed by atoms with Crippen LogP contribution in [0.25, 0.3) is 10.8 Å². The Labute approximate surface area is 180 Å². The van der Waals surface area contributed by atoms with E-state index in [2.05, 4.69) is 4.90 Å². The topological polar surface area (TPSA) is 60.9 Å². The van der Waals surface area contributed by atoms with Gasteiger partial charge < -0.3 is 5.11 Å². The van der Waals surface area contributed by atoms with Gasteiger partial charge in [0.2, 0.25) is 10.0 Å². The summed E-state index contributed by atoms with van der Waals surface area (Å²) in [5.41, 5.74) is 0.795. The van der Waals surface area contributed by atoms with Gasteiger partial charge in [-0.15, -0.1) is 12.4 Å². The van der Waals surface area contributed by atoms with Crippen LogP contribution in [-0.4, -0.2) is 48.9 Å². The van der Waals surface area contributed by atoms with E-state index in [1.54, 1.807) is 6.07 Å². The number of fused-ring (bicyclic) bond motifs is 1. The summed E-state index contributed by atoms with van der Waals surface area (Å²) in [5.74, 6) is -1.71. The molecule has 0 aliphatic carbocycles. The summed E-state index contributed by atoms with van der Waals surface area (Å²) in [6, 6.07) is 13.8. The van der Waals surface area contributed by atoms with E-state index >= 15 is 0 Å². The van der Waals surface area contributed by atoms with Gasteiger partial charge in [0.1, 0.15) is 22.3 Å². The molecule has 0 amide bonds. The van der Waals surface area contributed by atoms with Crippen molar-refractivity contribution in [3.8, 4) is 5.75 Å². The number of phenols is 1. The Morgan fingerprint density at radius 2 is 1.63 bits per heavy atom. The smallest absolute Gasteiger partial charge is 0.246 e. The lowest BCUT2D eigenvalue weighted by Crippen LogP contribution is -2.48. The van der Waals surface area contributed by atoms with Gasteiger partial charge >= 0.3 is 0 Å². The number of aromatic hydroxyl groups is 1. The fourth-order valence-electron chi connectivity index (χ4n) is 3.67. The van der Waals surface area contributed by atoms with Crippen molar-refractivity contribution in [3.63, 3.8) is 0 Å². The molecule has 4 rings (SSSR count). The number of rotatable bonds is 4. The summed E-state index contributed by atoms with van der Waals surface area (Å²) >= 11 is 0. The molecule has 0 saturated carbocycles. The maximum Gasteiger partial charge on any atom is 0.246 e. The summed E-state index contributed by atoms with van der Waals surface area (Å²) in [4.78, 5) is 1.54. The summed E-state index contributed by atoms with van der Waals surface area (Å²) in [7, 11) is -4.03. The highest BCUT2D eigenvalue weighted by molar-refractivity contribution is 7.89. The maximum atomic E-state index is 14.0. The molecule has 160 valence electrons. The zero-order valence-corrected chi connectivity index (χ0v) is 17.6. The minimum absolute atomic E-state index is 0. The first-order valence-electron chi connectivity index (χ1n) is 9.23. The molecule has 1 aliphatic rings. The molecule has 1 heterocycles. The van der Waals surface area contributed by atoms with Gasteiger partial charge in [0.15, 0.2) is 0 Å². The Hall–Kier alpha value is -2.26. The lowest BCUT2D eigenvalue weighted by Gasteiger charge is -2.34. The lowest BCUT2D eigenvalue weighted by molar-refractivity contribution is 0.180. The molecule has 3 aromatic carbocycles. The van der Waals surface area contributed by atoms with Crippen molar-refractivity contribution in [1.29, 1.82) is 0 Å². The molecule has 9 heteroatoms. The Morgan fingerprint density at radius 3 is 2.33 bits per heavy atom. The number of hydrogen-bond acceptors (Lipinski definition) is 4.